The van der Waals surface area contributed by atoms with Crippen LogP contribution < -0.4 is 11.1 Å². The van der Waals surface area contributed by atoms with E-state index in [0.29, 0.717) is 31.7 Å². The first kappa shape index (κ1) is 14.3. The Morgan fingerprint density at radius 3 is 2.65 bits per heavy atom. The molecule has 1 amide bonds. The number of hydrogen-bond donors (Lipinski definition) is 2. The third-order valence-electron chi connectivity index (χ3n) is 2.87. The maximum atomic E-state index is 12.8. The minimum atomic E-state index is -0.289. The lowest BCUT2D eigenvalue weighted by atomic mass is 10.2. The second kappa shape index (κ2) is 6.86. The number of benzene rings is 1. The Labute approximate surface area is 116 Å². The molecule has 1 aromatic heterocycles. The molecule has 0 unspecified atom stereocenters. The van der Waals surface area contributed by atoms with E-state index in [2.05, 4.69) is 5.32 Å². The Morgan fingerprint density at radius 2 is 1.95 bits per heavy atom. The van der Waals surface area contributed by atoms with Gasteiger partial charge in [0.05, 0.1) is 6.54 Å². The second-order valence-electron chi connectivity index (χ2n) is 4.52. The quantitative estimate of drug-likeness (QED) is 0.763. The Bertz CT molecular complexity index is 564. The minimum Gasteiger partial charge on any atom is -0.460 e. The van der Waals surface area contributed by atoms with Gasteiger partial charge in [-0.2, -0.15) is 0 Å². The number of nitrogens with two attached hydrogens (primary N) is 1. The van der Waals surface area contributed by atoms with E-state index in [9.17, 15) is 9.18 Å². The van der Waals surface area contributed by atoms with Crippen LogP contribution >= 0.6 is 0 Å². The molecule has 0 saturated carbocycles. The fourth-order valence-corrected chi connectivity index (χ4v) is 1.84. The summed E-state index contributed by atoms with van der Waals surface area (Å²) in [6.45, 7) is 1.29. The summed E-state index contributed by atoms with van der Waals surface area (Å²) in [5.41, 5.74) is 5.89. The van der Waals surface area contributed by atoms with Gasteiger partial charge in [-0.25, -0.2) is 4.39 Å². The summed E-state index contributed by atoms with van der Waals surface area (Å²) in [6, 6.07) is 9.89. The van der Waals surface area contributed by atoms with Crippen LogP contribution in [0.15, 0.2) is 40.8 Å². The maximum absolute atomic E-state index is 12.8. The van der Waals surface area contributed by atoms with Crippen LogP contribution in [0.4, 0.5) is 4.39 Å². The van der Waals surface area contributed by atoms with E-state index in [1.165, 1.54) is 12.1 Å². The molecule has 106 valence electrons. The van der Waals surface area contributed by atoms with Crippen LogP contribution in [0.2, 0.25) is 0 Å². The van der Waals surface area contributed by atoms with Crippen LogP contribution in [0.1, 0.15) is 18.6 Å². The summed E-state index contributed by atoms with van der Waals surface area (Å²) < 4.78 is 18.5. The van der Waals surface area contributed by atoms with Gasteiger partial charge in [0.1, 0.15) is 17.3 Å². The molecule has 0 aliphatic rings. The number of halogens is 1. The van der Waals surface area contributed by atoms with Gasteiger partial charge >= 0.3 is 0 Å². The predicted octanol–water partition coefficient (Wildman–Crippen LogP) is 2.44. The first-order valence-corrected chi connectivity index (χ1v) is 6.49. The predicted molar refractivity (Wildman–Crippen MR) is 74.2 cm³/mol. The number of primary amides is 1. The van der Waals surface area contributed by atoms with E-state index in [0.717, 1.165) is 11.3 Å². The van der Waals surface area contributed by atoms with Gasteiger partial charge in [0.15, 0.2) is 0 Å². The number of carbonyl (C=O) groups excluding carboxylic acids is 1. The zero-order valence-corrected chi connectivity index (χ0v) is 11.1. The topological polar surface area (TPSA) is 68.3 Å². The van der Waals surface area contributed by atoms with Crippen molar-refractivity contribution in [1.82, 2.24) is 5.32 Å². The molecule has 1 aromatic carbocycles. The van der Waals surface area contributed by atoms with E-state index in [1.54, 1.807) is 12.1 Å². The number of furan rings is 1. The highest BCUT2D eigenvalue weighted by Crippen LogP contribution is 2.22. The Hall–Kier alpha value is -2.14. The fourth-order valence-electron chi connectivity index (χ4n) is 1.84. The molecule has 0 saturated heterocycles. The molecule has 2 aromatic rings. The number of carbonyl (C=O) groups is 1. The Kier molecular flexibility index (Phi) is 4.90. The zero-order chi connectivity index (χ0) is 14.4. The first-order valence-electron chi connectivity index (χ1n) is 6.49. The number of nitrogens with one attached hydrogen (secondary N) is 1. The van der Waals surface area contributed by atoms with E-state index >= 15 is 0 Å². The molecule has 1 heterocycles. The van der Waals surface area contributed by atoms with Crippen molar-refractivity contribution >= 4 is 5.91 Å². The first-order chi connectivity index (χ1) is 9.65. The van der Waals surface area contributed by atoms with Gasteiger partial charge in [0, 0.05) is 12.0 Å². The normalized spacial score (nSPS) is 10.7. The second-order valence-corrected chi connectivity index (χ2v) is 4.52. The smallest absolute Gasteiger partial charge is 0.217 e. The lowest BCUT2D eigenvalue weighted by Crippen LogP contribution is -2.17. The molecular formula is C15H17FN2O2. The van der Waals surface area contributed by atoms with Crippen molar-refractivity contribution in [2.45, 2.75) is 19.4 Å². The molecule has 5 heteroatoms. The van der Waals surface area contributed by atoms with Crippen molar-refractivity contribution in [2.24, 2.45) is 5.73 Å². The van der Waals surface area contributed by atoms with Crippen molar-refractivity contribution in [3.8, 4) is 11.3 Å². The van der Waals surface area contributed by atoms with Crippen LogP contribution in [0.3, 0.4) is 0 Å². The minimum absolute atomic E-state index is 0.267. The number of amides is 1. The molecule has 0 bridgehead atoms. The molecule has 0 fully saturated rings. The summed E-state index contributed by atoms with van der Waals surface area (Å²) in [7, 11) is 0. The monoisotopic (exact) mass is 276 g/mol. The maximum Gasteiger partial charge on any atom is 0.217 e. The number of rotatable bonds is 7. The molecule has 0 radical (unpaired) electrons. The summed E-state index contributed by atoms with van der Waals surface area (Å²) in [4.78, 5) is 10.6. The molecule has 3 N–H and O–H groups in total. The highest BCUT2D eigenvalue weighted by atomic mass is 19.1. The van der Waals surface area contributed by atoms with Crippen molar-refractivity contribution < 1.29 is 13.6 Å². The zero-order valence-electron chi connectivity index (χ0n) is 11.1. The van der Waals surface area contributed by atoms with Crippen LogP contribution in [0.5, 0.6) is 0 Å². The summed E-state index contributed by atoms with van der Waals surface area (Å²) in [5, 5.41) is 3.17. The molecule has 0 aliphatic heterocycles. The van der Waals surface area contributed by atoms with Crippen molar-refractivity contribution in [3.63, 3.8) is 0 Å². The van der Waals surface area contributed by atoms with E-state index in [4.69, 9.17) is 10.2 Å². The van der Waals surface area contributed by atoms with Gasteiger partial charge in [0.25, 0.3) is 0 Å². The largest absolute Gasteiger partial charge is 0.460 e. The third-order valence-corrected chi connectivity index (χ3v) is 2.87. The Balaban J connectivity index is 1.83. The average Bonchev–Trinajstić information content (AvgIpc) is 2.87. The standard InChI is InChI=1S/C15H17FN2O2/c16-12-5-3-11(4-6-12)14-8-7-13(20-14)10-18-9-1-2-15(17)19/h3-8,18H,1-2,9-10H2,(H2,17,19). The molecule has 20 heavy (non-hydrogen) atoms. The lowest BCUT2D eigenvalue weighted by molar-refractivity contribution is -0.118. The van der Waals surface area contributed by atoms with Gasteiger partial charge < -0.3 is 15.5 Å². The SMILES string of the molecule is NC(=O)CCCNCc1ccc(-c2ccc(F)cc2)o1. The highest BCUT2D eigenvalue weighted by molar-refractivity contribution is 5.73. The van der Waals surface area contributed by atoms with Crippen molar-refractivity contribution in [1.29, 1.82) is 0 Å². The summed E-state index contributed by atoms with van der Waals surface area (Å²) in [5.74, 6) is 0.947. The van der Waals surface area contributed by atoms with Crippen LogP contribution in [0.25, 0.3) is 11.3 Å². The molecule has 4 nitrogen and oxygen atoms in total. The van der Waals surface area contributed by atoms with Gasteiger partial charge in [-0.05, 0) is 49.4 Å². The third kappa shape index (κ3) is 4.20. The van der Waals surface area contributed by atoms with E-state index in [-0.39, 0.29) is 11.7 Å². The summed E-state index contributed by atoms with van der Waals surface area (Å²) >= 11 is 0. The van der Waals surface area contributed by atoms with E-state index < -0.39 is 0 Å². The van der Waals surface area contributed by atoms with Crippen LogP contribution in [-0.4, -0.2) is 12.5 Å². The molecule has 2 rings (SSSR count). The summed E-state index contributed by atoms with van der Waals surface area (Å²) in [6.07, 6.45) is 1.09. The van der Waals surface area contributed by atoms with Crippen LogP contribution in [-0.2, 0) is 11.3 Å². The van der Waals surface area contributed by atoms with Gasteiger partial charge in [-0.1, -0.05) is 0 Å². The molecule has 0 spiro atoms. The van der Waals surface area contributed by atoms with Gasteiger partial charge in [-0.3, -0.25) is 4.79 Å². The molecular weight excluding hydrogens is 259 g/mol. The van der Waals surface area contributed by atoms with Crippen LogP contribution in [0, 0.1) is 5.82 Å². The van der Waals surface area contributed by atoms with Gasteiger partial charge in [0.2, 0.25) is 5.91 Å². The van der Waals surface area contributed by atoms with Crippen molar-refractivity contribution in [3.05, 3.63) is 48.0 Å². The number of hydrogen-bond acceptors (Lipinski definition) is 3. The highest BCUT2D eigenvalue weighted by Gasteiger charge is 2.04. The average molecular weight is 276 g/mol. The Morgan fingerprint density at radius 1 is 1.20 bits per heavy atom. The molecule has 0 aliphatic carbocycles. The van der Waals surface area contributed by atoms with Gasteiger partial charge in [-0.15, -0.1) is 0 Å². The van der Waals surface area contributed by atoms with E-state index in [1.807, 2.05) is 12.1 Å². The van der Waals surface area contributed by atoms with Crippen molar-refractivity contribution in [2.75, 3.05) is 6.54 Å². The lowest BCUT2D eigenvalue weighted by Gasteiger charge is -2.01. The fraction of sp³-hybridized carbons (Fsp3) is 0.267. The molecule has 0 atom stereocenters.